The van der Waals surface area contributed by atoms with Gasteiger partial charge in [0.1, 0.15) is 0 Å². The minimum Gasteiger partial charge on any atom is -0.399 e. The second-order valence-electron chi connectivity index (χ2n) is 3.95. The summed E-state index contributed by atoms with van der Waals surface area (Å²) in [5, 5.41) is 4.90. The summed E-state index contributed by atoms with van der Waals surface area (Å²) in [6.07, 6.45) is 0. The first kappa shape index (κ1) is 9.65. The standard InChI is InChI=1S/C12H10N4O/c13-7-1-3-9-10-4-2-8(14)6-12(10)16(15-17)11(9)5-7/h1-6H,13-14H2. The maximum atomic E-state index is 10.9. The molecule has 5 nitrogen and oxygen atoms in total. The van der Waals surface area contributed by atoms with E-state index in [4.69, 9.17) is 11.5 Å². The zero-order valence-corrected chi connectivity index (χ0v) is 8.92. The number of nitrogen functional groups attached to an aromatic ring is 2. The van der Waals surface area contributed by atoms with Crippen molar-refractivity contribution in [3.05, 3.63) is 41.3 Å². The van der Waals surface area contributed by atoms with Crippen LogP contribution in [0.4, 0.5) is 11.4 Å². The van der Waals surface area contributed by atoms with E-state index in [1.54, 1.807) is 24.3 Å². The van der Waals surface area contributed by atoms with E-state index in [9.17, 15) is 4.91 Å². The molecule has 1 aromatic heterocycles. The second-order valence-corrected chi connectivity index (χ2v) is 3.95. The van der Waals surface area contributed by atoms with Gasteiger partial charge >= 0.3 is 0 Å². The van der Waals surface area contributed by atoms with E-state index in [1.807, 2.05) is 12.1 Å². The number of nitroso groups, excluding NO2 is 1. The predicted octanol–water partition coefficient (Wildman–Crippen LogP) is 2.49. The number of benzene rings is 2. The third kappa shape index (κ3) is 1.25. The molecular weight excluding hydrogens is 216 g/mol. The van der Waals surface area contributed by atoms with Gasteiger partial charge in [0, 0.05) is 22.1 Å². The maximum Gasteiger partial charge on any atom is 0.0785 e. The Labute approximate surface area is 96.6 Å². The lowest BCUT2D eigenvalue weighted by atomic mass is 10.1. The molecule has 84 valence electrons. The molecule has 0 saturated carbocycles. The summed E-state index contributed by atoms with van der Waals surface area (Å²) in [4.78, 5) is 10.9. The average molecular weight is 226 g/mol. The van der Waals surface area contributed by atoms with Gasteiger partial charge in [-0.2, -0.15) is 4.68 Å². The van der Waals surface area contributed by atoms with Gasteiger partial charge in [-0.3, -0.25) is 0 Å². The Morgan fingerprint density at radius 1 is 0.882 bits per heavy atom. The third-order valence-corrected chi connectivity index (χ3v) is 2.87. The third-order valence-electron chi connectivity index (χ3n) is 2.87. The van der Waals surface area contributed by atoms with Crippen LogP contribution in [0.25, 0.3) is 21.8 Å². The fourth-order valence-electron chi connectivity index (χ4n) is 2.12. The highest BCUT2D eigenvalue weighted by Crippen LogP contribution is 2.31. The molecule has 0 fully saturated rings. The van der Waals surface area contributed by atoms with E-state index < -0.39 is 0 Å². The lowest BCUT2D eigenvalue weighted by Crippen LogP contribution is -1.89. The van der Waals surface area contributed by atoms with E-state index in [0.717, 1.165) is 10.8 Å². The molecule has 0 atom stereocenters. The fourth-order valence-corrected chi connectivity index (χ4v) is 2.12. The molecular formula is C12H10N4O. The summed E-state index contributed by atoms with van der Waals surface area (Å²) in [7, 11) is 0. The van der Waals surface area contributed by atoms with Crippen molar-refractivity contribution in [2.45, 2.75) is 0 Å². The zero-order valence-electron chi connectivity index (χ0n) is 8.92. The van der Waals surface area contributed by atoms with E-state index in [0.29, 0.717) is 22.4 Å². The zero-order chi connectivity index (χ0) is 12.0. The smallest absolute Gasteiger partial charge is 0.0785 e. The van der Waals surface area contributed by atoms with Gasteiger partial charge in [0.05, 0.1) is 16.3 Å². The van der Waals surface area contributed by atoms with Crippen molar-refractivity contribution in [1.29, 1.82) is 0 Å². The minimum atomic E-state index is 0.596. The molecule has 0 aliphatic carbocycles. The first-order valence-electron chi connectivity index (χ1n) is 5.13. The number of hydrogen-bond acceptors (Lipinski definition) is 4. The Morgan fingerprint density at radius 3 is 1.76 bits per heavy atom. The Morgan fingerprint density at radius 2 is 1.35 bits per heavy atom. The summed E-state index contributed by atoms with van der Waals surface area (Å²) >= 11 is 0. The number of rotatable bonds is 1. The van der Waals surface area contributed by atoms with Crippen LogP contribution in [0.5, 0.6) is 0 Å². The van der Waals surface area contributed by atoms with Gasteiger partial charge < -0.3 is 11.5 Å². The monoisotopic (exact) mass is 226 g/mol. The molecule has 0 spiro atoms. The van der Waals surface area contributed by atoms with Crippen LogP contribution in [0, 0.1) is 4.91 Å². The molecule has 0 radical (unpaired) electrons. The summed E-state index contributed by atoms with van der Waals surface area (Å²) in [6, 6.07) is 10.8. The molecule has 0 amide bonds. The van der Waals surface area contributed by atoms with Crippen molar-refractivity contribution in [1.82, 2.24) is 4.68 Å². The highest BCUT2D eigenvalue weighted by atomic mass is 16.3. The SMILES string of the molecule is Nc1ccc2c3ccc(N)cc3n(N=O)c2c1. The Balaban J connectivity index is 2.61. The molecule has 5 heteroatoms. The van der Waals surface area contributed by atoms with Gasteiger partial charge in [0.25, 0.3) is 0 Å². The summed E-state index contributed by atoms with van der Waals surface area (Å²) in [6.45, 7) is 0. The number of hydrogen-bond donors (Lipinski definition) is 2. The number of nitrogens with zero attached hydrogens (tertiary/aromatic N) is 2. The van der Waals surface area contributed by atoms with Crippen LogP contribution in [0.15, 0.2) is 41.7 Å². The molecule has 0 unspecified atom stereocenters. The summed E-state index contributed by atoms with van der Waals surface area (Å²) in [5.74, 6) is 0. The van der Waals surface area contributed by atoms with Crippen LogP contribution in [-0.2, 0) is 0 Å². The van der Waals surface area contributed by atoms with Crippen molar-refractivity contribution in [3.8, 4) is 0 Å². The lowest BCUT2D eigenvalue weighted by Gasteiger charge is -1.96. The van der Waals surface area contributed by atoms with Gasteiger partial charge in [-0.1, -0.05) is 12.1 Å². The second kappa shape index (κ2) is 3.21. The summed E-state index contributed by atoms with van der Waals surface area (Å²) in [5.41, 5.74) is 14.0. The van der Waals surface area contributed by atoms with Gasteiger partial charge in [-0.25, -0.2) is 0 Å². The maximum absolute atomic E-state index is 10.9. The molecule has 0 aliphatic rings. The number of fused-ring (bicyclic) bond motifs is 3. The summed E-state index contributed by atoms with van der Waals surface area (Å²) < 4.78 is 1.32. The molecule has 1 heterocycles. The first-order chi connectivity index (χ1) is 8.20. The first-order valence-corrected chi connectivity index (χ1v) is 5.13. The van der Waals surface area contributed by atoms with E-state index in [1.165, 1.54) is 4.68 Å². The number of anilines is 2. The van der Waals surface area contributed by atoms with Gasteiger partial charge in [0.15, 0.2) is 0 Å². The molecule has 0 aliphatic heterocycles. The molecule has 0 saturated heterocycles. The van der Waals surface area contributed by atoms with Crippen LogP contribution in [0.2, 0.25) is 0 Å². The highest BCUT2D eigenvalue weighted by Gasteiger charge is 2.11. The molecule has 2 aromatic carbocycles. The van der Waals surface area contributed by atoms with Gasteiger partial charge in [-0.05, 0) is 24.3 Å². The minimum absolute atomic E-state index is 0.596. The predicted molar refractivity (Wildman–Crippen MR) is 69.5 cm³/mol. The number of nitrogens with two attached hydrogens (primary N) is 2. The molecule has 3 rings (SSSR count). The van der Waals surface area contributed by atoms with E-state index >= 15 is 0 Å². The van der Waals surface area contributed by atoms with Crippen LogP contribution >= 0.6 is 0 Å². The average Bonchev–Trinajstić information content (AvgIpc) is 2.60. The Kier molecular flexibility index (Phi) is 1.82. The normalized spacial score (nSPS) is 11.1. The largest absolute Gasteiger partial charge is 0.399 e. The van der Waals surface area contributed by atoms with Crippen LogP contribution in [0.1, 0.15) is 0 Å². The van der Waals surface area contributed by atoms with Crippen molar-refractivity contribution in [2.75, 3.05) is 11.5 Å². The van der Waals surface area contributed by atoms with Gasteiger partial charge in [-0.15, -0.1) is 4.91 Å². The Hall–Kier alpha value is -2.56. The van der Waals surface area contributed by atoms with Crippen LogP contribution < -0.4 is 11.5 Å². The van der Waals surface area contributed by atoms with Crippen molar-refractivity contribution < 1.29 is 0 Å². The van der Waals surface area contributed by atoms with E-state index in [-0.39, 0.29) is 0 Å². The molecule has 4 N–H and O–H groups in total. The van der Waals surface area contributed by atoms with Crippen molar-refractivity contribution in [2.24, 2.45) is 5.29 Å². The Bertz CT molecular complexity index is 686. The highest BCUT2D eigenvalue weighted by molar-refractivity contribution is 6.09. The van der Waals surface area contributed by atoms with Crippen molar-refractivity contribution in [3.63, 3.8) is 0 Å². The number of aromatic nitrogens is 1. The van der Waals surface area contributed by atoms with Crippen LogP contribution in [-0.4, -0.2) is 4.68 Å². The quantitative estimate of drug-likeness (QED) is 0.493. The molecule has 17 heavy (non-hydrogen) atoms. The molecule has 3 aromatic rings. The molecule has 0 bridgehead atoms. The van der Waals surface area contributed by atoms with E-state index in [2.05, 4.69) is 5.29 Å². The van der Waals surface area contributed by atoms with Crippen LogP contribution in [0.3, 0.4) is 0 Å². The topological polar surface area (TPSA) is 86.4 Å². The lowest BCUT2D eigenvalue weighted by molar-refractivity contribution is 0.954. The van der Waals surface area contributed by atoms with Crippen molar-refractivity contribution >= 4 is 33.2 Å². The fraction of sp³-hybridized carbons (Fsp3) is 0. The van der Waals surface area contributed by atoms with Gasteiger partial charge in [0.2, 0.25) is 0 Å².